The van der Waals surface area contributed by atoms with Gasteiger partial charge in [-0.25, -0.2) is 0 Å². The quantitative estimate of drug-likeness (QED) is 0.400. The summed E-state index contributed by atoms with van der Waals surface area (Å²) in [7, 11) is 1.76. The van der Waals surface area contributed by atoms with E-state index < -0.39 is 28.7 Å². The molecule has 0 aromatic heterocycles. The fourth-order valence-electron chi connectivity index (χ4n) is 7.88. The van der Waals surface area contributed by atoms with Crippen LogP contribution in [0.3, 0.4) is 0 Å². The standard InChI is InChI=1S/C30H47N3O4S/c1-7-14-31(6)27(35)24-23-17-20(5)30(38-23)25(24)28(36)33(22(18-34)16-19(3)4)26(30)29(37)32(15-8-2)21-12-10-9-11-13-21/h7-8,19-26,34H,1-2,9-18H2,3-6H3/t20?,22-,23+,24-,25+,26?,30?/m1/s1. The first-order valence-corrected chi connectivity index (χ1v) is 15.4. The lowest BCUT2D eigenvalue weighted by atomic mass is 9.65. The molecule has 3 aliphatic heterocycles. The molecule has 0 aromatic rings. The Hall–Kier alpha value is -1.80. The molecule has 7 atom stereocenters. The lowest BCUT2D eigenvalue weighted by Gasteiger charge is -2.44. The van der Waals surface area contributed by atoms with E-state index in [2.05, 4.69) is 33.9 Å². The van der Waals surface area contributed by atoms with Crippen molar-refractivity contribution in [1.29, 1.82) is 0 Å². The molecule has 4 fully saturated rings. The van der Waals surface area contributed by atoms with Gasteiger partial charge in [-0.3, -0.25) is 14.4 Å². The zero-order valence-corrected chi connectivity index (χ0v) is 24.5. The number of hydrogen-bond acceptors (Lipinski definition) is 5. The number of nitrogens with zero attached hydrogens (tertiary/aromatic N) is 3. The van der Waals surface area contributed by atoms with E-state index >= 15 is 0 Å². The second kappa shape index (κ2) is 11.7. The summed E-state index contributed by atoms with van der Waals surface area (Å²) in [5.74, 6) is -0.868. The van der Waals surface area contributed by atoms with E-state index in [1.54, 1.807) is 40.8 Å². The number of carbonyl (C=O) groups excluding carboxylic acids is 3. The maximum absolute atomic E-state index is 14.8. The van der Waals surface area contributed by atoms with Crippen LogP contribution in [0.25, 0.3) is 0 Å². The molecule has 1 aliphatic carbocycles. The van der Waals surface area contributed by atoms with Gasteiger partial charge in [-0.05, 0) is 37.5 Å². The number of hydrogen-bond donors (Lipinski definition) is 1. The Labute approximate surface area is 233 Å². The summed E-state index contributed by atoms with van der Waals surface area (Å²) in [4.78, 5) is 48.4. The van der Waals surface area contributed by atoms with Gasteiger partial charge in [0, 0.05) is 31.4 Å². The summed E-state index contributed by atoms with van der Waals surface area (Å²) in [5, 5.41) is 10.6. The minimum Gasteiger partial charge on any atom is -0.394 e. The highest BCUT2D eigenvalue weighted by Crippen LogP contribution is 2.69. The fraction of sp³-hybridized carbons (Fsp3) is 0.767. The topological polar surface area (TPSA) is 81.2 Å². The van der Waals surface area contributed by atoms with Crippen molar-refractivity contribution in [3.8, 4) is 0 Å². The van der Waals surface area contributed by atoms with E-state index in [9.17, 15) is 19.5 Å². The smallest absolute Gasteiger partial charge is 0.247 e. The van der Waals surface area contributed by atoms with Gasteiger partial charge in [0.1, 0.15) is 6.04 Å². The third-order valence-corrected chi connectivity index (χ3v) is 11.5. The predicted molar refractivity (Wildman–Crippen MR) is 152 cm³/mol. The van der Waals surface area contributed by atoms with Crippen molar-refractivity contribution in [2.24, 2.45) is 23.7 Å². The van der Waals surface area contributed by atoms with Crippen LogP contribution < -0.4 is 0 Å². The molecule has 4 rings (SSSR count). The lowest BCUT2D eigenvalue weighted by Crippen LogP contribution is -2.61. The van der Waals surface area contributed by atoms with Crippen LogP contribution in [0.15, 0.2) is 25.3 Å². The Balaban J connectivity index is 1.81. The van der Waals surface area contributed by atoms with Crippen molar-refractivity contribution in [3.05, 3.63) is 25.3 Å². The van der Waals surface area contributed by atoms with Crippen LogP contribution in [0.5, 0.6) is 0 Å². The second-order valence-electron chi connectivity index (χ2n) is 12.3. The first kappa shape index (κ1) is 29.2. The van der Waals surface area contributed by atoms with E-state index in [4.69, 9.17) is 0 Å². The number of aliphatic hydroxyl groups excluding tert-OH is 1. The number of likely N-dealkylation sites (N-methyl/N-ethyl adjacent to an activating group) is 1. The van der Waals surface area contributed by atoms with Crippen molar-refractivity contribution in [3.63, 3.8) is 0 Å². The highest BCUT2D eigenvalue weighted by atomic mass is 32.2. The molecule has 3 saturated heterocycles. The maximum atomic E-state index is 14.8. The molecule has 1 spiro atoms. The number of carbonyl (C=O) groups is 3. The summed E-state index contributed by atoms with van der Waals surface area (Å²) >= 11 is 1.71. The van der Waals surface area contributed by atoms with E-state index in [0.29, 0.717) is 19.5 Å². The summed E-state index contributed by atoms with van der Waals surface area (Å²) in [6.45, 7) is 14.7. The van der Waals surface area contributed by atoms with Gasteiger partial charge in [-0.15, -0.1) is 24.9 Å². The van der Waals surface area contributed by atoms with Crippen LogP contribution in [-0.2, 0) is 14.4 Å². The average Bonchev–Trinajstić information content (AvgIpc) is 3.49. The third kappa shape index (κ3) is 4.74. The molecular weight excluding hydrogens is 498 g/mol. The van der Waals surface area contributed by atoms with E-state index in [1.807, 2.05) is 4.90 Å². The summed E-state index contributed by atoms with van der Waals surface area (Å²) in [6, 6.07) is -1.01. The summed E-state index contributed by atoms with van der Waals surface area (Å²) in [5.41, 5.74) is 0. The molecule has 1 N–H and O–H groups in total. The molecule has 4 aliphatic rings. The van der Waals surface area contributed by atoms with Crippen LogP contribution in [0.4, 0.5) is 0 Å². The monoisotopic (exact) mass is 545 g/mol. The summed E-state index contributed by atoms with van der Waals surface area (Å²) in [6.07, 6.45) is 10.2. The third-order valence-electron chi connectivity index (χ3n) is 9.45. The molecule has 8 heteroatoms. The average molecular weight is 546 g/mol. The Morgan fingerprint density at radius 2 is 1.82 bits per heavy atom. The summed E-state index contributed by atoms with van der Waals surface area (Å²) < 4.78 is -0.674. The number of rotatable bonds is 11. The van der Waals surface area contributed by atoms with E-state index in [0.717, 1.165) is 32.1 Å². The number of likely N-dealkylation sites (tertiary alicyclic amines) is 1. The van der Waals surface area contributed by atoms with E-state index in [-0.39, 0.29) is 47.5 Å². The SMILES string of the molecule is C=CCN(C)C(=O)[C@@H]1[C@@H]2CC(C)C3(S2)C(C(=O)N(CC=C)C2CCCCC2)N([C@@H](CO)CC(C)C)C(=O)[C@H]13. The van der Waals surface area contributed by atoms with Crippen molar-refractivity contribution < 1.29 is 19.5 Å². The Morgan fingerprint density at radius 1 is 1.16 bits per heavy atom. The van der Waals surface area contributed by atoms with Gasteiger partial charge >= 0.3 is 0 Å². The van der Waals surface area contributed by atoms with Crippen LogP contribution in [0, 0.1) is 23.7 Å². The van der Waals surface area contributed by atoms with Crippen LogP contribution >= 0.6 is 11.8 Å². The largest absolute Gasteiger partial charge is 0.394 e. The first-order chi connectivity index (χ1) is 18.1. The van der Waals surface area contributed by atoms with Crippen LogP contribution in [0.1, 0.15) is 65.7 Å². The van der Waals surface area contributed by atoms with Gasteiger partial charge < -0.3 is 19.8 Å². The lowest BCUT2D eigenvalue weighted by molar-refractivity contribution is -0.148. The van der Waals surface area contributed by atoms with Gasteiger partial charge in [0.05, 0.1) is 29.2 Å². The molecule has 3 heterocycles. The Kier molecular flexibility index (Phi) is 9.02. The molecule has 0 aromatic carbocycles. The van der Waals surface area contributed by atoms with Crippen LogP contribution in [-0.4, -0.2) is 92.4 Å². The number of thioether (sulfide) groups is 1. The highest BCUT2D eigenvalue weighted by molar-refractivity contribution is 8.02. The minimum absolute atomic E-state index is 0.0105. The molecule has 1 saturated carbocycles. The number of fused-ring (bicyclic) bond motifs is 1. The zero-order valence-electron chi connectivity index (χ0n) is 23.7. The zero-order chi connectivity index (χ0) is 27.8. The number of amides is 3. The Morgan fingerprint density at radius 3 is 2.39 bits per heavy atom. The molecule has 7 nitrogen and oxygen atoms in total. The van der Waals surface area contributed by atoms with Crippen molar-refractivity contribution in [2.75, 3.05) is 26.7 Å². The Bertz CT molecular complexity index is 934. The minimum atomic E-state index is -0.690. The molecule has 3 unspecified atom stereocenters. The second-order valence-corrected chi connectivity index (χ2v) is 13.9. The molecule has 2 bridgehead atoms. The van der Waals surface area contributed by atoms with Gasteiger partial charge in [0.15, 0.2) is 0 Å². The van der Waals surface area contributed by atoms with Crippen molar-refractivity contribution in [1.82, 2.24) is 14.7 Å². The van der Waals surface area contributed by atoms with Gasteiger partial charge in [-0.2, -0.15) is 0 Å². The maximum Gasteiger partial charge on any atom is 0.247 e. The number of aliphatic hydroxyl groups is 1. The van der Waals surface area contributed by atoms with Gasteiger partial charge in [0.25, 0.3) is 0 Å². The molecule has 38 heavy (non-hydrogen) atoms. The van der Waals surface area contributed by atoms with Crippen LogP contribution in [0.2, 0.25) is 0 Å². The van der Waals surface area contributed by atoms with Crippen molar-refractivity contribution in [2.45, 2.75) is 93.8 Å². The molecule has 0 radical (unpaired) electrons. The highest BCUT2D eigenvalue weighted by Gasteiger charge is 2.77. The normalized spacial score (nSPS) is 33.4. The van der Waals surface area contributed by atoms with Gasteiger partial charge in [0.2, 0.25) is 17.7 Å². The van der Waals surface area contributed by atoms with Crippen molar-refractivity contribution >= 4 is 29.5 Å². The fourth-order valence-corrected chi connectivity index (χ4v) is 10.3. The first-order valence-electron chi connectivity index (χ1n) is 14.5. The van der Waals surface area contributed by atoms with E-state index in [1.165, 1.54) is 6.42 Å². The molecular formula is C30H47N3O4S. The predicted octanol–water partition coefficient (Wildman–Crippen LogP) is 3.72. The van der Waals surface area contributed by atoms with Gasteiger partial charge in [-0.1, -0.05) is 52.2 Å². The molecule has 3 amide bonds. The molecule has 212 valence electrons.